The fourth-order valence-corrected chi connectivity index (χ4v) is 3.94. The molecule has 4 rings (SSSR count). The Morgan fingerprint density at radius 3 is 2.87 bits per heavy atom. The number of nitrogens with zero attached hydrogens (tertiary/aromatic N) is 3. The number of thiophene rings is 1. The molecule has 1 aliphatic heterocycles. The predicted molar refractivity (Wildman–Crippen MR) is 109 cm³/mol. The highest BCUT2D eigenvalue weighted by molar-refractivity contribution is 7.10. The molecular weight excluding hydrogens is 410 g/mol. The summed E-state index contributed by atoms with van der Waals surface area (Å²) in [6, 6.07) is 11.1. The zero-order chi connectivity index (χ0) is 21.1. The Hall–Kier alpha value is -3.66. The molecule has 3 heterocycles. The van der Waals surface area contributed by atoms with Gasteiger partial charge in [0.05, 0.1) is 30.4 Å². The molecule has 154 valence electrons. The van der Waals surface area contributed by atoms with E-state index in [0.29, 0.717) is 23.6 Å². The average Bonchev–Trinajstić information content (AvgIpc) is 3.51. The molecule has 10 heteroatoms. The summed E-state index contributed by atoms with van der Waals surface area (Å²) < 4.78 is 16.2. The van der Waals surface area contributed by atoms with Crippen LogP contribution in [0.3, 0.4) is 0 Å². The zero-order valence-corrected chi connectivity index (χ0v) is 16.7. The van der Waals surface area contributed by atoms with E-state index in [1.54, 1.807) is 18.4 Å². The summed E-state index contributed by atoms with van der Waals surface area (Å²) in [4.78, 5) is 24.4. The third kappa shape index (κ3) is 3.90. The first-order valence-electron chi connectivity index (χ1n) is 8.99. The van der Waals surface area contributed by atoms with Gasteiger partial charge in [0.1, 0.15) is 11.5 Å². The van der Waals surface area contributed by atoms with Crippen LogP contribution in [0.25, 0.3) is 0 Å². The number of rotatable bonds is 7. The van der Waals surface area contributed by atoms with Crippen molar-refractivity contribution in [1.29, 1.82) is 0 Å². The standard InChI is InChI=1S/C20H17N3O6S/c1-27-17-7-6-13(23(25)26)10-18(17)29-12-20(24)22-15(19-5-3-9-30-19)11-14(21-22)16-4-2-8-28-16/h2-10,15H,11-12H2,1H3. The first-order chi connectivity index (χ1) is 14.6. The third-order valence-corrected chi connectivity index (χ3v) is 5.53. The summed E-state index contributed by atoms with van der Waals surface area (Å²) in [6.45, 7) is -0.353. The number of hydrazone groups is 1. The van der Waals surface area contributed by atoms with Gasteiger partial charge in [0, 0.05) is 17.4 Å². The van der Waals surface area contributed by atoms with Gasteiger partial charge in [0.25, 0.3) is 11.6 Å². The van der Waals surface area contributed by atoms with Gasteiger partial charge in [-0.2, -0.15) is 5.10 Å². The van der Waals surface area contributed by atoms with E-state index in [0.717, 1.165) is 4.88 Å². The number of nitro benzene ring substituents is 1. The Morgan fingerprint density at radius 1 is 1.33 bits per heavy atom. The van der Waals surface area contributed by atoms with Crippen LogP contribution in [0.2, 0.25) is 0 Å². The minimum Gasteiger partial charge on any atom is -0.493 e. The van der Waals surface area contributed by atoms with E-state index < -0.39 is 4.92 Å². The van der Waals surface area contributed by atoms with Crippen LogP contribution >= 0.6 is 11.3 Å². The summed E-state index contributed by atoms with van der Waals surface area (Å²) in [7, 11) is 1.42. The number of hydrogen-bond donors (Lipinski definition) is 0. The molecule has 0 bridgehead atoms. The van der Waals surface area contributed by atoms with Crippen LogP contribution in [0.4, 0.5) is 5.69 Å². The highest BCUT2D eigenvalue weighted by Crippen LogP contribution is 2.36. The van der Waals surface area contributed by atoms with Crippen LogP contribution in [-0.4, -0.2) is 35.3 Å². The quantitative estimate of drug-likeness (QED) is 0.416. The van der Waals surface area contributed by atoms with Gasteiger partial charge < -0.3 is 13.9 Å². The number of amides is 1. The van der Waals surface area contributed by atoms with E-state index in [-0.39, 0.29) is 30.0 Å². The molecule has 0 saturated carbocycles. The van der Waals surface area contributed by atoms with Crippen molar-refractivity contribution in [3.63, 3.8) is 0 Å². The van der Waals surface area contributed by atoms with Crippen molar-refractivity contribution in [2.75, 3.05) is 13.7 Å². The van der Waals surface area contributed by atoms with Gasteiger partial charge in [-0.3, -0.25) is 14.9 Å². The van der Waals surface area contributed by atoms with Gasteiger partial charge in [-0.15, -0.1) is 11.3 Å². The molecule has 0 spiro atoms. The molecule has 3 aromatic rings. The van der Waals surface area contributed by atoms with Gasteiger partial charge in [0.15, 0.2) is 18.1 Å². The number of nitro groups is 1. The number of furan rings is 1. The van der Waals surface area contributed by atoms with Crippen molar-refractivity contribution in [3.8, 4) is 11.5 Å². The second-order valence-electron chi connectivity index (χ2n) is 6.38. The van der Waals surface area contributed by atoms with Gasteiger partial charge in [-0.05, 0) is 29.6 Å². The summed E-state index contributed by atoms with van der Waals surface area (Å²) in [6.07, 6.45) is 2.07. The lowest BCUT2D eigenvalue weighted by Crippen LogP contribution is -2.31. The van der Waals surface area contributed by atoms with E-state index in [4.69, 9.17) is 13.9 Å². The number of benzene rings is 1. The zero-order valence-electron chi connectivity index (χ0n) is 15.9. The highest BCUT2D eigenvalue weighted by atomic mass is 32.1. The van der Waals surface area contributed by atoms with Crippen molar-refractivity contribution in [3.05, 3.63) is 74.9 Å². The lowest BCUT2D eigenvalue weighted by atomic mass is 10.1. The molecule has 9 nitrogen and oxygen atoms in total. The molecule has 0 aliphatic carbocycles. The molecule has 0 N–H and O–H groups in total. The maximum atomic E-state index is 13.0. The van der Waals surface area contributed by atoms with Crippen LogP contribution in [0.1, 0.15) is 23.1 Å². The molecule has 2 aromatic heterocycles. The molecule has 30 heavy (non-hydrogen) atoms. The van der Waals surface area contributed by atoms with Gasteiger partial charge in [0.2, 0.25) is 0 Å². The summed E-state index contributed by atoms with van der Waals surface area (Å²) in [5.41, 5.74) is 0.508. The number of carbonyl (C=O) groups excluding carboxylic acids is 1. The van der Waals surface area contributed by atoms with Gasteiger partial charge in [-0.1, -0.05) is 6.07 Å². The van der Waals surface area contributed by atoms with Crippen LogP contribution in [-0.2, 0) is 4.79 Å². The number of hydrogen-bond acceptors (Lipinski definition) is 8. The molecule has 0 saturated heterocycles. The number of methoxy groups -OCH3 is 1. The lowest BCUT2D eigenvalue weighted by Gasteiger charge is -2.21. The second kappa shape index (κ2) is 8.37. The number of ether oxygens (including phenoxy) is 2. The molecule has 1 atom stereocenters. The first kappa shape index (κ1) is 19.6. The first-order valence-corrected chi connectivity index (χ1v) is 9.87. The average molecular weight is 427 g/mol. The minimum atomic E-state index is -0.540. The van der Waals surface area contributed by atoms with E-state index in [1.807, 2.05) is 17.5 Å². The molecular formula is C20H17N3O6S. The summed E-state index contributed by atoms with van der Waals surface area (Å²) in [5, 5.41) is 18.8. The van der Waals surface area contributed by atoms with Crippen LogP contribution in [0.15, 0.2) is 63.6 Å². The van der Waals surface area contributed by atoms with Crippen LogP contribution in [0, 0.1) is 10.1 Å². The lowest BCUT2D eigenvalue weighted by molar-refractivity contribution is -0.385. The Labute approximate surface area is 175 Å². The molecule has 1 aromatic carbocycles. The maximum absolute atomic E-state index is 13.0. The van der Waals surface area contributed by atoms with Crippen molar-refractivity contribution in [1.82, 2.24) is 5.01 Å². The molecule has 0 radical (unpaired) electrons. The van der Waals surface area contributed by atoms with E-state index in [1.165, 1.54) is 41.7 Å². The fourth-order valence-electron chi connectivity index (χ4n) is 3.13. The summed E-state index contributed by atoms with van der Waals surface area (Å²) in [5.74, 6) is 0.628. The Bertz CT molecular complexity index is 1080. The highest BCUT2D eigenvalue weighted by Gasteiger charge is 2.35. The van der Waals surface area contributed by atoms with E-state index in [9.17, 15) is 14.9 Å². The molecule has 1 unspecified atom stereocenters. The largest absolute Gasteiger partial charge is 0.493 e. The fraction of sp³-hybridized carbons (Fsp3) is 0.200. The predicted octanol–water partition coefficient (Wildman–Crippen LogP) is 4.01. The molecule has 0 fully saturated rings. The second-order valence-corrected chi connectivity index (χ2v) is 7.36. The third-order valence-electron chi connectivity index (χ3n) is 4.55. The molecule has 1 aliphatic rings. The maximum Gasteiger partial charge on any atom is 0.281 e. The van der Waals surface area contributed by atoms with Crippen LogP contribution in [0.5, 0.6) is 11.5 Å². The van der Waals surface area contributed by atoms with Gasteiger partial charge >= 0.3 is 0 Å². The number of carbonyl (C=O) groups is 1. The van der Waals surface area contributed by atoms with Crippen LogP contribution < -0.4 is 9.47 Å². The SMILES string of the molecule is COc1ccc([N+](=O)[O-])cc1OCC(=O)N1N=C(c2ccco2)CC1c1cccs1. The topological polar surface area (TPSA) is 107 Å². The van der Waals surface area contributed by atoms with Crippen molar-refractivity contribution in [2.45, 2.75) is 12.5 Å². The van der Waals surface area contributed by atoms with Crippen molar-refractivity contribution in [2.24, 2.45) is 5.10 Å². The van der Waals surface area contributed by atoms with Crippen molar-refractivity contribution >= 4 is 28.6 Å². The smallest absolute Gasteiger partial charge is 0.281 e. The summed E-state index contributed by atoms with van der Waals surface area (Å²) >= 11 is 1.53. The van der Waals surface area contributed by atoms with E-state index >= 15 is 0 Å². The molecule has 1 amide bonds. The Balaban J connectivity index is 1.55. The Kier molecular flexibility index (Phi) is 5.48. The number of non-ortho nitro benzene ring substituents is 1. The van der Waals surface area contributed by atoms with Gasteiger partial charge in [-0.25, -0.2) is 5.01 Å². The van der Waals surface area contributed by atoms with Crippen molar-refractivity contribution < 1.29 is 23.6 Å². The minimum absolute atomic E-state index is 0.113. The van der Waals surface area contributed by atoms with E-state index in [2.05, 4.69) is 5.10 Å². The Morgan fingerprint density at radius 2 is 2.20 bits per heavy atom. The normalized spacial score (nSPS) is 15.7. The monoisotopic (exact) mass is 427 g/mol.